The SMILES string of the molecule is COc1ccc2ncc(=O)n(C[C@@H](N)C3CCC(NCc4ccc5c(n4)NC(=O)CO5)CC3)c2c1. The van der Waals surface area contributed by atoms with Gasteiger partial charge in [-0.1, -0.05) is 0 Å². The highest BCUT2D eigenvalue weighted by atomic mass is 16.5. The van der Waals surface area contributed by atoms with Crippen molar-refractivity contribution < 1.29 is 14.3 Å². The van der Waals surface area contributed by atoms with E-state index >= 15 is 0 Å². The first-order chi connectivity index (χ1) is 17.0. The smallest absolute Gasteiger partial charge is 0.269 e. The van der Waals surface area contributed by atoms with Gasteiger partial charge in [-0.15, -0.1) is 0 Å². The van der Waals surface area contributed by atoms with Crippen molar-refractivity contribution in [1.82, 2.24) is 19.9 Å². The number of carbonyl (C=O) groups is 1. The number of hydrogen-bond donors (Lipinski definition) is 3. The van der Waals surface area contributed by atoms with Gasteiger partial charge in [0, 0.05) is 31.2 Å². The summed E-state index contributed by atoms with van der Waals surface area (Å²) in [5.74, 6) is 1.91. The number of ether oxygens (including phenoxy) is 2. The molecule has 1 amide bonds. The Labute approximate surface area is 202 Å². The maximum atomic E-state index is 12.6. The standard InChI is InChI=1S/C25H30N6O4/c1-34-18-7-8-20-21(10-18)31(24(33)12-28-20)13-19(26)15-2-4-16(5-3-15)27-11-17-6-9-22-25(29-17)30-23(32)14-35-22/h6-10,12,15-16,19,27H,2-5,11,13-14,26H2,1H3,(H,29,30,32)/t15?,16?,19-/m1/s1. The molecule has 0 bridgehead atoms. The van der Waals surface area contributed by atoms with Gasteiger partial charge in [-0.2, -0.15) is 0 Å². The maximum absolute atomic E-state index is 12.6. The van der Waals surface area contributed by atoms with Crippen molar-refractivity contribution in [2.45, 2.75) is 50.9 Å². The molecule has 1 aliphatic carbocycles. The summed E-state index contributed by atoms with van der Waals surface area (Å²) >= 11 is 0. The molecule has 0 radical (unpaired) electrons. The van der Waals surface area contributed by atoms with Crippen molar-refractivity contribution in [3.63, 3.8) is 0 Å². The Kier molecular flexibility index (Phi) is 6.65. The minimum Gasteiger partial charge on any atom is -0.497 e. The maximum Gasteiger partial charge on any atom is 0.269 e. The fourth-order valence-corrected chi connectivity index (χ4v) is 4.92. The van der Waals surface area contributed by atoms with Crippen LogP contribution in [0.5, 0.6) is 11.5 Å². The number of anilines is 1. The number of nitrogens with two attached hydrogens (primary N) is 1. The van der Waals surface area contributed by atoms with Crippen molar-refractivity contribution >= 4 is 22.8 Å². The number of methoxy groups -OCH3 is 1. The molecule has 1 aliphatic heterocycles. The topological polar surface area (TPSA) is 133 Å². The van der Waals surface area contributed by atoms with Crippen LogP contribution in [0.1, 0.15) is 31.4 Å². The molecule has 0 unspecified atom stereocenters. The van der Waals surface area contributed by atoms with Gasteiger partial charge in [0.2, 0.25) is 0 Å². The molecule has 0 saturated heterocycles. The molecule has 1 fully saturated rings. The molecule has 1 aromatic carbocycles. The number of benzene rings is 1. The number of nitrogens with zero attached hydrogens (tertiary/aromatic N) is 3. The largest absolute Gasteiger partial charge is 0.497 e. The molecule has 0 spiro atoms. The van der Waals surface area contributed by atoms with E-state index in [2.05, 4.69) is 20.6 Å². The Morgan fingerprint density at radius 2 is 2.06 bits per heavy atom. The quantitative estimate of drug-likeness (QED) is 0.468. The Morgan fingerprint density at radius 3 is 2.86 bits per heavy atom. The third-order valence-corrected chi connectivity index (χ3v) is 6.93. The Hall–Kier alpha value is -3.50. The number of fused-ring (bicyclic) bond motifs is 2. The number of nitrogens with one attached hydrogen (secondary N) is 2. The van der Waals surface area contributed by atoms with Crippen LogP contribution >= 0.6 is 0 Å². The zero-order valence-corrected chi connectivity index (χ0v) is 19.7. The third kappa shape index (κ3) is 5.13. The second-order valence-corrected chi connectivity index (χ2v) is 9.20. The van der Waals surface area contributed by atoms with Gasteiger partial charge in [0.15, 0.2) is 18.2 Å². The Morgan fingerprint density at radius 1 is 1.23 bits per heavy atom. The van der Waals surface area contributed by atoms with Gasteiger partial charge in [-0.3, -0.25) is 9.59 Å². The van der Waals surface area contributed by atoms with E-state index in [1.54, 1.807) is 11.7 Å². The van der Waals surface area contributed by atoms with Crippen molar-refractivity contribution in [2.75, 3.05) is 19.0 Å². The van der Waals surface area contributed by atoms with Crippen LogP contribution < -0.4 is 31.4 Å². The number of aromatic nitrogens is 3. The first-order valence-electron chi connectivity index (χ1n) is 12.0. The van der Waals surface area contributed by atoms with Crippen molar-refractivity contribution in [1.29, 1.82) is 0 Å². The van der Waals surface area contributed by atoms with Gasteiger partial charge in [-0.25, -0.2) is 9.97 Å². The predicted octanol–water partition coefficient (Wildman–Crippen LogP) is 1.81. The van der Waals surface area contributed by atoms with Gasteiger partial charge in [0.25, 0.3) is 11.5 Å². The first-order valence-corrected chi connectivity index (χ1v) is 12.0. The van der Waals surface area contributed by atoms with E-state index in [0.717, 1.165) is 42.4 Å². The highest BCUT2D eigenvalue weighted by Crippen LogP contribution is 2.29. The van der Waals surface area contributed by atoms with E-state index in [1.807, 2.05) is 30.3 Å². The molecule has 1 saturated carbocycles. The highest BCUT2D eigenvalue weighted by Gasteiger charge is 2.26. The van der Waals surface area contributed by atoms with E-state index < -0.39 is 0 Å². The van der Waals surface area contributed by atoms with Crippen molar-refractivity contribution in [3.8, 4) is 11.5 Å². The lowest BCUT2D eigenvalue weighted by atomic mass is 9.81. The van der Waals surface area contributed by atoms with Gasteiger partial charge >= 0.3 is 0 Å². The zero-order chi connectivity index (χ0) is 24.4. The molecular formula is C25H30N6O4. The molecule has 4 N–H and O–H groups in total. The first kappa shape index (κ1) is 23.3. The van der Waals surface area contributed by atoms with E-state index in [9.17, 15) is 9.59 Å². The van der Waals surface area contributed by atoms with Crippen molar-refractivity contribution in [3.05, 3.63) is 52.6 Å². The lowest BCUT2D eigenvalue weighted by molar-refractivity contribution is -0.118. The minimum atomic E-state index is -0.189. The van der Waals surface area contributed by atoms with Crippen molar-refractivity contribution in [2.24, 2.45) is 11.7 Å². The second-order valence-electron chi connectivity index (χ2n) is 9.20. The van der Waals surface area contributed by atoms with Crippen LogP contribution in [0.4, 0.5) is 5.82 Å². The van der Waals surface area contributed by atoms with Gasteiger partial charge in [0.1, 0.15) is 5.75 Å². The summed E-state index contributed by atoms with van der Waals surface area (Å²) < 4.78 is 12.4. The van der Waals surface area contributed by atoms with Gasteiger partial charge in [0.05, 0.1) is 30.0 Å². The summed E-state index contributed by atoms with van der Waals surface area (Å²) in [5, 5.41) is 6.32. The van der Waals surface area contributed by atoms with Gasteiger partial charge in [-0.05, 0) is 55.9 Å². The van der Waals surface area contributed by atoms with Crippen LogP contribution in [-0.2, 0) is 17.9 Å². The number of pyridine rings is 1. The Balaban J connectivity index is 1.17. The zero-order valence-electron chi connectivity index (χ0n) is 19.7. The molecule has 10 nitrogen and oxygen atoms in total. The van der Waals surface area contributed by atoms with E-state index in [-0.39, 0.29) is 24.1 Å². The lowest BCUT2D eigenvalue weighted by Gasteiger charge is -2.33. The summed E-state index contributed by atoms with van der Waals surface area (Å²) in [5.41, 5.74) is 8.79. The number of amides is 1. The van der Waals surface area contributed by atoms with Gasteiger partial charge < -0.3 is 30.4 Å². The van der Waals surface area contributed by atoms with E-state index in [0.29, 0.717) is 42.4 Å². The summed E-state index contributed by atoms with van der Waals surface area (Å²) in [6.45, 7) is 1.09. The fraction of sp³-hybridized carbons (Fsp3) is 0.440. The van der Waals surface area contributed by atoms with Crippen LogP contribution in [0.25, 0.3) is 11.0 Å². The molecule has 2 aromatic heterocycles. The van der Waals surface area contributed by atoms with Crippen LogP contribution in [-0.4, -0.2) is 46.2 Å². The fourth-order valence-electron chi connectivity index (χ4n) is 4.92. The van der Waals surface area contributed by atoms with Crippen LogP contribution in [0.2, 0.25) is 0 Å². The average molecular weight is 479 g/mol. The third-order valence-electron chi connectivity index (χ3n) is 6.93. The highest BCUT2D eigenvalue weighted by molar-refractivity contribution is 5.94. The van der Waals surface area contributed by atoms with E-state index in [1.165, 1.54) is 6.20 Å². The molecule has 5 rings (SSSR count). The minimum absolute atomic E-state index is 0.0257. The van der Waals surface area contributed by atoms with Crippen LogP contribution in [0.3, 0.4) is 0 Å². The lowest BCUT2D eigenvalue weighted by Crippen LogP contribution is -2.42. The normalized spacial score (nSPS) is 20.6. The predicted molar refractivity (Wildman–Crippen MR) is 131 cm³/mol. The molecule has 35 heavy (non-hydrogen) atoms. The van der Waals surface area contributed by atoms with Crippen LogP contribution in [0, 0.1) is 5.92 Å². The molecule has 1 atom stereocenters. The van der Waals surface area contributed by atoms with Crippen LogP contribution in [0.15, 0.2) is 41.3 Å². The molecule has 184 valence electrons. The second kappa shape index (κ2) is 10.0. The Bertz CT molecular complexity index is 1280. The number of carbonyl (C=O) groups excluding carboxylic acids is 1. The molecule has 2 aliphatic rings. The van der Waals surface area contributed by atoms with E-state index in [4.69, 9.17) is 15.2 Å². The molecule has 3 heterocycles. The molecular weight excluding hydrogens is 448 g/mol. The summed E-state index contributed by atoms with van der Waals surface area (Å²) in [7, 11) is 1.60. The average Bonchev–Trinajstić information content (AvgIpc) is 2.88. The number of hydrogen-bond acceptors (Lipinski definition) is 8. The molecule has 3 aromatic rings. The summed E-state index contributed by atoms with van der Waals surface area (Å²) in [6, 6.07) is 9.52. The summed E-state index contributed by atoms with van der Waals surface area (Å²) in [4.78, 5) is 32.9. The number of rotatable bonds is 7. The summed E-state index contributed by atoms with van der Waals surface area (Å²) in [6.07, 6.45) is 5.34. The monoisotopic (exact) mass is 478 g/mol. The molecule has 10 heteroatoms.